The highest BCUT2D eigenvalue weighted by Crippen LogP contribution is 2.20. The summed E-state index contributed by atoms with van der Waals surface area (Å²) in [5.41, 5.74) is 2.62. The molecule has 0 radical (unpaired) electrons. The van der Waals surface area contributed by atoms with Gasteiger partial charge >= 0.3 is 0 Å². The van der Waals surface area contributed by atoms with Crippen molar-refractivity contribution in [2.24, 2.45) is 0 Å². The normalized spacial score (nSPS) is 15.6. The zero-order valence-electron chi connectivity index (χ0n) is 13.8. The van der Waals surface area contributed by atoms with E-state index < -0.39 is 0 Å². The Bertz CT molecular complexity index is 899. The summed E-state index contributed by atoms with van der Waals surface area (Å²) in [4.78, 5) is 23.7. The molecule has 0 atom stereocenters. The molecule has 0 saturated carbocycles. The Labute approximate surface area is 148 Å². The molecule has 4 rings (SSSR count). The molecule has 3 aromatic heterocycles. The maximum absolute atomic E-state index is 12.6. The van der Waals surface area contributed by atoms with E-state index in [0.29, 0.717) is 22.0 Å². The Morgan fingerprint density at radius 3 is 3.08 bits per heavy atom. The second kappa shape index (κ2) is 6.87. The Balaban J connectivity index is 1.48. The van der Waals surface area contributed by atoms with Gasteiger partial charge in [0.05, 0.1) is 24.6 Å². The third-order valence-corrected chi connectivity index (χ3v) is 4.87. The van der Waals surface area contributed by atoms with Crippen LogP contribution in [0.4, 0.5) is 5.13 Å². The largest absolute Gasteiger partial charge is 0.379 e. The number of fused-ring (bicyclic) bond motifs is 1. The summed E-state index contributed by atoms with van der Waals surface area (Å²) in [5.74, 6) is -0.238. The lowest BCUT2D eigenvalue weighted by atomic mass is 10.2. The van der Waals surface area contributed by atoms with Crippen molar-refractivity contribution < 1.29 is 9.53 Å². The van der Waals surface area contributed by atoms with E-state index in [9.17, 15) is 4.79 Å². The molecule has 130 valence electrons. The smallest absolute Gasteiger partial charge is 0.263 e. The van der Waals surface area contributed by atoms with Crippen LogP contribution in [0.5, 0.6) is 0 Å². The molecular formula is C16H18N6O2S. The van der Waals surface area contributed by atoms with Crippen LogP contribution in [-0.4, -0.2) is 56.7 Å². The van der Waals surface area contributed by atoms with Crippen LogP contribution in [0.3, 0.4) is 0 Å². The lowest BCUT2D eigenvalue weighted by molar-refractivity contribution is 0.0337. The molecule has 3 aromatic rings. The molecule has 1 saturated heterocycles. The molecule has 0 aliphatic carbocycles. The van der Waals surface area contributed by atoms with Gasteiger partial charge in [0, 0.05) is 37.4 Å². The number of nitrogens with zero attached hydrogens (tertiary/aromatic N) is 5. The highest BCUT2D eigenvalue weighted by Gasteiger charge is 2.19. The van der Waals surface area contributed by atoms with Gasteiger partial charge in [0.15, 0.2) is 10.8 Å². The fourth-order valence-electron chi connectivity index (χ4n) is 2.85. The standard InChI is InChI=1S/C16H18N6O2S/c1-11-13(14-17-3-2-4-22(14)20-11)15(23)19-16-18-12(10-25-16)9-21-5-7-24-8-6-21/h2-4,10H,5-9H2,1H3,(H,18,19,23). The Hall–Kier alpha value is -2.36. The van der Waals surface area contributed by atoms with Crippen LogP contribution >= 0.6 is 11.3 Å². The van der Waals surface area contributed by atoms with Crippen LogP contribution in [0.15, 0.2) is 23.8 Å². The van der Waals surface area contributed by atoms with Crippen molar-refractivity contribution in [1.29, 1.82) is 0 Å². The molecule has 8 nitrogen and oxygen atoms in total. The zero-order valence-corrected chi connectivity index (χ0v) is 14.6. The van der Waals surface area contributed by atoms with E-state index >= 15 is 0 Å². The van der Waals surface area contributed by atoms with E-state index in [1.807, 2.05) is 5.38 Å². The van der Waals surface area contributed by atoms with Crippen LogP contribution in [0.1, 0.15) is 21.7 Å². The van der Waals surface area contributed by atoms with E-state index in [0.717, 1.165) is 38.5 Å². The predicted molar refractivity (Wildman–Crippen MR) is 93.9 cm³/mol. The van der Waals surface area contributed by atoms with Crippen molar-refractivity contribution in [3.8, 4) is 0 Å². The van der Waals surface area contributed by atoms with Crippen LogP contribution in [0.2, 0.25) is 0 Å². The van der Waals surface area contributed by atoms with Crippen molar-refractivity contribution in [3.05, 3.63) is 40.8 Å². The van der Waals surface area contributed by atoms with Crippen LogP contribution in [-0.2, 0) is 11.3 Å². The monoisotopic (exact) mass is 358 g/mol. The summed E-state index contributed by atoms with van der Waals surface area (Å²) in [6.45, 7) is 5.91. The van der Waals surface area contributed by atoms with Gasteiger partial charge in [-0.2, -0.15) is 5.10 Å². The average Bonchev–Trinajstić information content (AvgIpc) is 3.18. The first kappa shape index (κ1) is 16.1. The molecule has 4 heterocycles. The van der Waals surface area contributed by atoms with Gasteiger partial charge in [-0.1, -0.05) is 0 Å². The number of amides is 1. The minimum atomic E-state index is -0.238. The first-order valence-electron chi connectivity index (χ1n) is 8.06. The van der Waals surface area contributed by atoms with Gasteiger partial charge in [-0.3, -0.25) is 15.0 Å². The maximum Gasteiger partial charge on any atom is 0.263 e. The number of anilines is 1. The number of aryl methyl sites for hydroxylation is 1. The van der Waals surface area contributed by atoms with E-state index in [2.05, 4.69) is 25.3 Å². The molecule has 9 heteroatoms. The highest BCUT2D eigenvalue weighted by atomic mass is 32.1. The van der Waals surface area contributed by atoms with Gasteiger partial charge in [0.1, 0.15) is 5.56 Å². The van der Waals surface area contributed by atoms with Gasteiger partial charge in [-0.25, -0.2) is 14.5 Å². The van der Waals surface area contributed by atoms with E-state index in [1.54, 1.807) is 29.9 Å². The summed E-state index contributed by atoms with van der Waals surface area (Å²) in [7, 11) is 0. The second-order valence-corrected chi connectivity index (χ2v) is 6.69. The zero-order chi connectivity index (χ0) is 17.2. The Morgan fingerprint density at radius 2 is 2.24 bits per heavy atom. The minimum Gasteiger partial charge on any atom is -0.379 e. The number of thiazole rings is 1. The lowest BCUT2D eigenvalue weighted by Gasteiger charge is -2.25. The SMILES string of the molecule is Cc1nn2cccnc2c1C(=O)Nc1nc(CN2CCOCC2)cs1. The molecule has 1 aliphatic heterocycles. The molecule has 0 aromatic carbocycles. The van der Waals surface area contributed by atoms with Crippen LogP contribution in [0, 0.1) is 6.92 Å². The van der Waals surface area contributed by atoms with E-state index in [4.69, 9.17) is 4.74 Å². The number of ether oxygens (including phenoxy) is 1. The maximum atomic E-state index is 12.6. The van der Waals surface area contributed by atoms with Crippen molar-refractivity contribution in [2.75, 3.05) is 31.6 Å². The van der Waals surface area contributed by atoms with Crippen molar-refractivity contribution in [1.82, 2.24) is 24.5 Å². The molecule has 25 heavy (non-hydrogen) atoms. The molecular weight excluding hydrogens is 340 g/mol. The Morgan fingerprint density at radius 1 is 1.40 bits per heavy atom. The van der Waals surface area contributed by atoms with Crippen LogP contribution in [0.25, 0.3) is 5.65 Å². The quantitative estimate of drug-likeness (QED) is 0.762. The molecule has 1 fully saturated rings. The first-order chi connectivity index (χ1) is 12.2. The van der Waals surface area contributed by atoms with Crippen molar-refractivity contribution >= 4 is 28.0 Å². The number of hydrogen-bond donors (Lipinski definition) is 1. The van der Waals surface area contributed by atoms with Crippen molar-refractivity contribution in [2.45, 2.75) is 13.5 Å². The number of morpholine rings is 1. The fraction of sp³-hybridized carbons (Fsp3) is 0.375. The summed E-state index contributed by atoms with van der Waals surface area (Å²) in [6, 6.07) is 1.78. The predicted octanol–water partition coefficient (Wildman–Crippen LogP) is 1.58. The number of carbonyl (C=O) groups is 1. The molecule has 1 amide bonds. The number of carbonyl (C=O) groups excluding carboxylic acids is 1. The molecule has 0 unspecified atom stereocenters. The third kappa shape index (κ3) is 3.39. The number of nitrogens with one attached hydrogen (secondary N) is 1. The fourth-order valence-corrected chi connectivity index (χ4v) is 3.54. The van der Waals surface area contributed by atoms with E-state index in [-0.39, 0.29) is 5.91 Å². The third-order valence-electron chi connectivity index (χ3n) is 4.06. The summed E-state index contributed by atoms with van der Waals surface area (Å²) >= 11 is 1.43. The summed E-state index contributed by atoms with van der Waals surface area (Å²) in [5, 5.41) is 9.75. The summed E-state index contributed by atoms with van der Waals surface area (Å²) in [6.07, 6.45) is 3.42. The minimum absolute atomic E-state index is 0.238. The number of hydrogen-bond acceptors (Lipinski definition) is 7. The number of aromatic nitrogens is 4. The summed E-state index contributed by atoms with van der Waals surface area (Å²) < 4.78 is 6.96. The molecule has 0 spiro atoms. The van der Waals surface area contributed by atoms with Gasteiger partial charge in [-0.05, 0) is 13.0 Å². The van der Waals surface area contributed by atoms with E-state index in [1.165, 1.54) is 11.3 Å². The van der Waals surface area contributed by atoms with Gasteiger partial charge in [-0.15, -0.1) is 11.3 Å². The molecule has 0 bridgehead atoms. The van der Waals surface area contributed by atoms with Gasteiger partial charge in [0.25, 0.3) is 5.91 Å². The second-order valence-electron chi connectivity index (χ2n) is 5.83. The lowest BCUT2D eigenvalue weighted by Crippen LogP contribution is -2.35. The average molecular weight is 358 g/mol. The van der Waals surface area contributed by atoms with Crippen molar-refractivity contribution in [3.63, 3.8) is 0 Å². The molecule has 1 aliphatic rings. The topological polar surface area (TPSA) is 84.7 Å². The van der Waals surface area contributed by atoms with Crippen LogP contribution < -0.4 is 5.32 Å². The Kier molecular flexibility index (Phi) is 4.43. The van der Waals surface area contributed by atoms with Gasteiger partial charge < -0.3 is 4.74 Å². The number of rotatable bonds is 4. The van der Waals surface area contributed by atoms with Gasteiger partial charge in [0.2, 0.25) is 0 Å². The molecule has 1 N–H and O–H groups in total. The highest BCUT2D eigenvalue weighted by molar-refractivity contribution is 7.14. The first-order valence-corrected chi connectivity index (χ1v) is 8.94.